The van der Waals surface area contributed by atoms with E-state index in [1.807, 2.05) is 11.3 Å². The summed E-state index contributed by atoms with van der Waals surface area (Å²) in [6.45, 7) is 0. The van der Waals surface area contributed by atoms with Crippen molar-refractivity contribution in [2.75, 3.05) is 4.90 Å². The lowest BCUT2D eigenvalue weighted by atomic mass is 9.92. The molecule has 1 aromatic heterocycles. The number of rotatable bonds is 5. The van der Waals surface area contributed by atoms with E-state index in [-0.39, 0.29) is 0 Å². The van der Waals surface area contributed by atoms with Crippen molar-refractivity contribution in [2.45, 2.75) is 0 Å². The molecule has 50 heavy (non-hydrogen) atoms. The Morgan fingerprint density at radius 1 is 0.320 bits per heavy atom. The molecule has 0 atom stereocenters. The maximum atomic E-state index is 2.36. The van der Waals surface area contributed by atoms with E-state index < -0.39 is 0 Å². The van der Waals surface area contributed by atoms with Gasteiger partial charge in [0.15, 0.2) is 0 Å². The quantitative estimate of drug-likeness (QED) is 0.167. The van der Waals surface area contributed by atoms with Crippen molar-refractivity contribution in [3.05, 3.63) is 188 Å². The molecular weight excluding hydrogens is 623 g/mol. The van der Waals surface area contributed by atoms with Crippen LogP contribution in [0.3, 0.4) is 0 Å². The van der Waals surface area contributed by atoms with E-state index in [1.54, 1.807) is 0 Å². The summed E-state index contributed by atoms with van der Waals surface area (Å²) in [7, 11) is 0. The van der Waals surface area contributed by atoms with Crippen LogP contribution in [-0.4, -0.2) is 0 Å². The molecule has 0 saturated carbocycles. The molecule has 0 N–H and O–H groups in total. The molecule has 234 valence electrons. The fourth-order valence-electron chi connectivity index (χ4n) is 7.75. The first-order chi connectivity index (χ1) is 24.8. The maximum Gasteiger partial charge on any atom is 0.0467 e. The largest absolute Gasteiger partial charge is 0.310 e. The molecule has 10 aromatic rings. The van der Waals surface area contributed by atoms with Crippen LogP contribution in [0.5, 0.6) is 0 Å². The van der Waals surface area contributed by atoms with Gasteiger partial charge in [-0.25, -0.2) is 0 Å². The zero-order valence-electron chi connectivity index (χ0n) is 27.3. The van der Waals surface area contributed by atoms with Gasteiger partial charge in [-0.15, -0.1) is 11.3 Å². The molecular formula is C48H31NS. The van der Waals surface area contributed by atoms with Crippen LogP contribution in [-0.2, 0) is 0 Å². The van der Waals surface area contributed by atoms with Crippen LogP contribution >= 0.6 is 11.3 Å². The van der Waals surface area contributed by atoms with Gasteiger partial charge in [0.25, 0.3) is 0 Å². The highest BCUT2D eigenvalue weighted by Crippen LogP contribution is 2.43. The van der Waals surface area contributed by atoms with Gasteiger partial charge in [0.05, 0.1) is 0 Å². The van der Waals surface area contributed by atoms with Crippen molar-refractivity contribution >= 4 is 80.9 Å². The second-order valence-corrected chi connectivity index (χ2v) is 14.0. The molecule has 1 heterocycles. The van der Waals surface area contributed by atoms with Crippen LogP contribution < -0.4 is 4.90 Å². The Balaban J connectivity index is 1.08. The molecule has 10 rings (SSSR count). The molecule has 0 aliphatic heterocycles. The fraction of sp³-hybridized carbons (Fsp3) is 0. The highest BCUT2D eigenvalue weighted by atomic mass is 32.1. The van der Waals surface area contributed by atoms with E-state index in [9.17, 15) is 0 Å². The summed E-state index contributed by atoms with van der Waals surface area (Å²) in [5.74, 6) is 0. The van der Waals surface area contributed by atoms with Crippen molar-refractivity contribution in [2.24, 2.45) is 0 Å². The highest BCUT2D eigenvalue weighted by molar-refractivity contribution is 7.25. The number of fused-ring (bicyclic) bond motifs is 8. The summed E-state index contributed by atoms with van der Waals surface area (Å²) < 4.78 is 2.64. The number of anilines is 3. The minimum Gasteiger partial charge on any atom is -0.310 e. The summed E-state index contributed by atoms with van der Waals surface area (Å²) >= 11 is 1.87. The Morgan fingerprint density at radius 2 is 0.920 bits per heavy atom. The zero-order chi connectivity index (χ0) is 33.0. The van der Waals surface area contributed by atoms with E-state index in [2.05, 4.69) is 193 Å². The van der Waals surface area contributed by atoms with Gasteiger partial charge in [0.2, 0.25) is 0 Å². The Morgan fingerprint density at radius 3 is 1.82 bits per heavy atom. The predicted octanol–water partition coefficient (Wildman–Crippen LogP) is 14.3. The SMILES string of the molecule is c1ccc(N(c2ccc(-c3cccc4c3ccc3c5ccccc5ccc43)cc2)c2cccc(-c3cccc4sc5ccccc5c34)c2)cc1. The lowest BCUT2D eigenvalue weighted by molar-refractivity contribution is 1.28. The van der Waals surface area contributed by atoms with Crippen LogP contribution in [0, 0.1) is 0 Å². The fourth-order valence-corrected chi connectivity index (χ4v) is 8.88. The summed E-state index contributed by atoms with van der Waals surface area (Å²) in [6, 6.07) is 68.6. The number of nitrogens with zero attached hydrogens (tertiary/aromatic N) is 1. The Labute approximate surface area is 294 Å². The van der Waals surface area contributed by atoms with Crippen molar-refractivity contribution < 1.29 is 0 Å². The van der Waals surface area contributed by atoms with Crippen LogP contribution in [0.25, 0.3) is 74.7 Å². The first-order valence-electron chi connectivity index (χ1n) is 17.1. The molecule has 0 unspecified atom stereocenters. The number of hydrogen-bond acceptors (Lipinski definition) is 2. The van der Waals surface area contributed by atoms with E-state index in [0.29, 0.717) is 0 Å². The third-order valence-corrected chi connectivity index (χ3v) is 11.2. The lowest BCUT2D eigenvalue weighted by Gasteiger charge is -2.26. The number of hydrogen-bond donors (Lipinski definition) is 0. The van der Waals surface area contributed by atoms with Gasteiger partial charge in [-0.3, -0.25) is 0 Å². The van der Waals surface area contributed by atoms with Gasteiger partial charge in [0, 0.05) is 37.2 Å². The van der Waals surface area contributed by atoms with Crippen LogP contribution in [0.4, 0.5) is 17.1 Å². The molecule has 0 fully saturated rings. The standard InChI is InChI=1S/C48H31NS/c1-2-13-35(14-3-1)49(37-15-8-12-34(31-37)40-19-10-22-47-48(40)45-17-6-7-21-46(45)50-47)36-26-23-33(24-27-36)39-18-9-20-41-42(39)29-30-43-38-16-5-4-11-32(38)25-28-44(41)43/h1-31H. The molecule has 2 heteroatoms. The molecule has 0 bridgehead atoms. The highest BCUT2D eigenvalue weighted by Gasteiger charge is 2.16. The van der Waals surface area contributed by atoms with Crippen molar-refractivity contribution in [1.82, 2.24) is 0 Å². The topological polar surface area (TPSA) is 3.24 Å². The van der Waals surface area contributed by atoms with E-state index in [0.717, 1.165) is 17.1 Å². The Bertz CT molecular complexity index is 2870. The maximum absolute atomic E-state index is 2.36. The molecule has 0 aliphatic rings. The molecule has 9 aromatic carbocycles. The zero-order valence-corrected chi connectivity index (χ0v) is 28.1. The average Bonchev–Trinajstić information content (AvgIpc) is 3.57. The third-order valence-electron chi connectivity index (χ3n) is 10.1. The summed E-state index contributed by atoms with van der Waals surface area (Å²) in [5.41, 5.74) is 8.30. The van der Waals surface area contributed by atoms with Gasteiger partial charge >= 0.3 is 0 Å². The van der Waals surface area contributed by atoms with Crippen molar-refractivity contribution in [3.8, 4) is 22.3 Å². The minimum absolute atomic E-state index is 1.12. The first-order valence-corrected chi connectivity index (χ1v) is 17.9. The monoisotopic (exact) mass is 653 g/mol. The minimum atomic E-state index is 1.12. The summed E-state index contributed by atoms with van der Waals surface area (Å²) in [4.78, 5) is 2.36. The van der Waals surface area contributed by atoms with Crippen LogP contribution in [0.15, 0.2) is 188 Å². The number of para-hydroxylation sites is 1. The lowest BCUT2D eigenvalue weighted by Crippen LogP contribution is -2.09. The Hall–Kier alpha value is -6.22. The first kappa shape index (κ1) is 28.8. The molecule has 0 radical (unpaired) electrons. The molecule has 0 spiro atoms. The van der Waals surface area contributed by atoms with E-state index >= 15 is 0 Å². The summed E-state index contributed by atoms with van der Waals surface area (Å²) in [5, 5.41) is 10.4. The second kappa shape index (κ2) is 11.7. The van der Waals surface area contributed by atoms with Gasteiger partial charge in [-0.2, -0.15) is 0 Å². The third kappa shape index (κ3) is 4.69. The molecule has 0 saturated heterocycles. The average molecular weight is 654 g/mol. The van der Waals surface area contributed by atoms with Crippen LogP contribution in [0.1, 0.15) is 0 Å². The molecule has 1 nitrogen and oxygen atoms in total. The normalized spacial score (nSPS) is 11.6. The van der Waals surface area contributed by atoms with Gasteiger partial charge in [-0.1, -0.05) is 140 Å². The number of benzene rings is 9. The van der Waals surface area contributed by atoms with Gasteiger partial charge in [0.1, 0.15) is 0 Å². The Kier molecular flexibility index (Phi) is 6.75. The van der Waals surface area contributed by atoms with Crippen LogP contribution in [0.2, 0.25) is 0 Å². The van der Waals surface area contributed by atoms with Crippen molar-refractivity contribution in [1.29, 1.82) is 0 Å². The smallest absolute Gasteiger partial charge is 0.0467 e. The molecule has 0 amide bonds. The van der Waals surface area contributed by atoms with E-state index in [1.165, 1.54) is 74.7 Å². The van der Waals surface area contributed by atoms with Gasteiger partial charge < -0.3 is 4.90 Å². The van der Waals surface area contributed by atoms with Gasteiger partial charge in [-0.05, 0) is 103 Å². The second-order valence-electron chi connectivity index (χ2n) is 12.9. The molecule has 0 aliphatic carbocycles. The number of thiophene rings is 1. The van der Waals surface area contributed by atoms with Crippen molar-refractivity contribution in [3.63, 3.8) is 0 Å². The van der Waals surface area contributed by atoms with E-state index in [4.69, 9.17) is 0 Å². The predicted molar refractivity (Wildman–Crippen MR) is 217 cm³/mol. The summed E-state index contributed by atoms with van der Waals surface area (Å²) in [6.07, 6.45) is 0.